The summed E-state index contributed by atoms with van der Waals surface area (Å²) in [6, 6.07) is 18.2. The molecule has 0 bridgehead atoms. The van der Waals surface area contributed by atoms with Crippen LogP contribution >= 0.6 is 0 Å². The predicted octanol–water partition coefficient (Wildman–Crippen LogP) is 3.66. The smallest absolute Gasteiger partial charge is 0.303 e. The van der Waals surface area contributed by atoms with Gasteiger partial charge in [0.2, 0.25) is 0 Å². The van der Waals surface area contributed by atoms with E-state index in [1.165, 1.54) is 0 Å². The Morgan fingerprint density at radius 1 is 1.05 bits per heavy atom. The fraction of sp³-hybridized carbons (Fsp3) is 0.111. The summed E-state index contributed by atoms with van der Waals surface area (Å²) in [6.45, 7) is 0. The van der Waals surface area contributed by atoms with E-state index in [2.05, 4.69) is 22.6 Å². The molecule has 0 aliphatic carbocycles. The molecule has 22 heavy (non-hydrogen) atoms. The van der Waals surface area contributed by atoms with Crippen LogP contribution < -0.4 is 0 Å². The molecular formula is C18H14N2O2. The largest absolute Gasteiger partial charge is 0.481 e. The molecule has 2 heterocycles. The topological polar surface area (TPSA) is 54.6 Å². The van der Waals surface area contributed by atoms with E-state index in [9.17, 15) is 4.79 Å². The molecule has 0 spiro atoms. The minimum atomic E-state index is -0.806. The SMILES string of the molecule is O=C(O)CCc1nc2ccccc2c2cc3ccccc3n12. The monoisotopic (exact) mass is 290 g/mol. The van der Waals surface area contributed by atoms with Gasteiger partial charge in [-0.2, -0.15) is 0 Å². The van der Waals surface area contributed by atoms with E-state index in [1.807, 2.05) is 36.4 Å². The second-order valence-corrected chi connectivity index (χ2v) is 5.36. The summed E-state index contributed by atoms with van der Waals surface area (Å²) in [5.41, 5.74) is 3.04. The van der Waals surface area contributed by atoms with Gasteiger partial charge in [-0.15, -0.1) is 0 Å². The Bertz CT molecular complexity index is 1020. The Morgan fingerprint density at radius 2 is 1.82 bits per heavy atom. The summed E-state index contributed by atoms with van der Waals surface area (Å²) in [5.74, 6) is -0.0168. The molecule has 4 nitrogen and oxygen atoms in total. The summed E-state index contributed by atoms with van der Waals surface area (Å²) >= 11 is 0. The lowest BCUT2D eigenvalue weighted by atomic mass is 10.2. The highest BCUT2D eigenvalue weighted by atomic mass is 16.4. The van der Waals surface area contributed by atoms with Crippen molar-refractivity contribution in [3.63, 3.8) is 0 Å². The molecule has 0 amide bonds. The fourth-order valence-electron chi connectivity index (χ4n) is 2.99. The van der Waals surface area contributed by atoms with Crippen LogP contribution in [-0.4, -0.2) is 20.5 Å². The molecule has 2 aromatic heterocycles. The maximum Gasteiger partial charge on any atom is 0.303 e. The third-order valence-electron chi connectivity index (χ3n) is 3.96. The predicted molar refractivity (Wildman–Crippen MR) is 86.2 cm³/mol. The molecule has 4 rings (SSSR count). The van der Waals surface area contributed by atoms with Gasteiger partial charge >= 0.3 is 5.97 Å². The van der Waals surface area contributed by atoms with Crippen LogP contribution in [0.4, 0.5) is 0 Å². The number of aliphatic carboxylic acids is 1. The molecule has 0 unspecified atom stereocenters. The molecule has 0 aliphatic heterocycles. The molecule has 0 aliphatic rings. The van der Waals surface area contributed by atoms with E-state index in [0.29, 0.717) is 6.42 Å². The van der Waals surface area contributed by atoms with Crippen molar-refractivity contribution in [3.05, 3.63) is 60.4 Å². The number of carboxylic acid groups (broad SMARTS) is 1. The van der Waals surface area contributed by atoms with Gasteiger partial charge in [-0.25, -0.2) is 4.98 Å². The van der Waals surface area contributed by atoms with E-state index in [1.54, 1.807) is 0 Å². The quantitative estimate of drug-likeness (QED) is 0.626. The third-order valence-corrected chi connectivity index (χ3v) is 3.96. The van der Waals surface area contributed by atoms with Crippen LogP contribution in [0.25, 0.3) is 27.3 Å². The van der Waals surface area contributed by atoms with Gasteiger partial charge in [0.1, 0.15) is 5.82 Å². The highest BCUT2D eigenvalue weighted by molar-refractivity contribution is 6.00. The van der Waals surface area contributed by atoms with Crippen LogP contribution in [0, 0.1) is 0 Å². The van der Waals surface area contributed by atoms with Crippen LogP contribution in [0.1, 0.15) is 12.2 Å². The zero-order valence-corrected chi connectivity index (χ0v) is 11.9. The van der Waals surface area contributed by atoms with Crippen LogP contribution in [-0.2, 0) is 11.2 Å². The molecule has 4 aromatic rings. The molecule has 1 N–H and O–H groups in total. The zero-order chi connectivity index (χ0) is 15.1. The Labute approximate surface area is 126 Å². The number of rotatable bonds is 3. The van der Waals surface area contributed by atoms with Crippen molar-refractivity contribution in [2.24, 2.45) is 0 Å². The van der Waals surface area contributed by atoms with Crippen molar-refractivity contribution < 1.29 is 9.90 Å². The summed E-state index contributed by atoms with van der Waals surface area (Å²) < 4.78 is 2.08. The molecule has 0 atom stereocenters. The summed E-state index contributed by atoms with van der Waals surface area (Å²) in [6.07, 6.45) is 0.488. The van der Waals surface area contributed by atoms with Gasteiger partial charge in [0.25, 0.3) is 0 Å². The van der Waals surface area contributed by atoms with Gasteiger partial charge in [0.05, 0.1) is 23.0 Å². The van der Waals surface area contributed by atoms with E-state index < -0.39 is 5.97 Å². The normalized spacial score (nSPS) is 11.5. The van der Waals surface area contributed by atoms with E-state index >= 15 is 0 Å². The fourth-order valence-corrected chi connectivity index (χ4v) is 2.99. The molecule has 0 fully saturated rings. The number of aryl methyl sites for hydroxylation is 1. The molecule has 108 valence electrons. The number of hydrogen-bond donors (Lipinski definition) is 1. The number of benzene rings is 2. The van der Waals surface area contributed by atoms with Crippen molar-refractivity contribution in [2.45, 2.75) is 12.8 Å². The minimum Gasteiger partial charge on any atom is -0.481 e. The molecule has 2 aromatic carbocycles. The molecule has 0 radical (unpaired) electrons. The van der Waals surface area contributed by atoms with Gasteiger partial charge < -0.3 is 5.11 Å². The van der Waals surface area contributed by atoms with E-state index in [-0.39, 0.29) is 6.42 Å². The first-order valence-electron chi connectivity index (χ1n) is 7.23. The van der Waals surface area contributed by atoms with Gasteiger partial charge in [-0.3, -0.25) is 9.20 Å². The highest BCUT2D eigenvalue weighted by Gasteiger charge is 2.12. The van der Waals surface area contributed by atoms with E-state index in [4.69, 9.17) is 10.1 Å². The van der Waals surface area contributed by atoms with Crippen LogP contribution in [0.2, 0.25) is 0 Å². The van der Waals surface area contributed by atoms with Crippen molar-refractivity contribution in [2.75, 3.05) is 0 Å². The van der Waals surface area contributed by atoms with Crippen molar-refractivity contribution in [1.29, 1.82) is 0 Å². The Morgan fingerprint density at radius 3 is 2.68 bits per heavy atom. The standard InChI is InChI=1S/C18H14N2O2/c21-18(22)10-9-17-19-14-7-3-2-6-13(14)16-11-12-5-1-4-8-15(12)20(16)17/h1-8,11H,9-10H2,(H,21,22). The Balaban J connectivity index is 2.11. The minimum absolute atomic E-state index is 0.0763. The summed E-state index contributed by atoms with van der Waals surface area (Å²) in [5, 5.41) is 11.2. The molecule has 0 saturated carbocycles. The van der Waals surface area contributed by atoms with Crippen molar-refractivity contribution >= 4 is 33.3 Å². The summed E-state index contributed by atoms with van der Waals surface area (Å²) in [7, 11) is 0. The van der Waals surface area contributed by atoms with E-state index in [0.717, 1.165) is 33.1 Å². The van der Waals surface area contributed by atoms with Gasteiger partial charge in [0, 0.05) is 17.2 Å². The highest BCUT2D eigenvalue weighted by Crippen LogP contribution is 2.27. The van der Waals surface area contributed by atoms with Crippen LogP contribution in [0.15, 0.2) is 54.6 Å². The molecular weight excluding hydrogens is 276 g/mol. The van der Waals surface area contributed by atoms with Gasteiger partial charge in [0.15, 0.2) is 0 Å². The number of para-hydroxylation sites is 2. The third kappa shape index (κ3) is 1.92. The number of carbonyl (C=O) groups is 1. The van der Waals surface area contributed by atoms with Crippen LogP contribution in [0.5, 0.6) is 0 Å². The van der Waals surface area contributed by atoms with Crippen molar-refractivity contribution in [3.8, 4) is 0 Å². The second kappa shape index (κ2) is 4.84. The van der Waals surface area contributed by atoms with Gasteiger partial charge in [-0.1, -0.05) is 36.4 Å². The van der Waals surface area contributed by atoms with Gasteiger partial charge in [-0.05, 0) is 18.2 Å². The maximum atomic E-state index is 10.9. The number of carboxylic acids is 1. The maximum absolute atomic E-state index is 10.9. The Hall–Kier alpha value is -2.88. The molecule has 4 heteroatoms. The molecule has 0 saturated heterocycles. The lowest BCUT2D eigenvalue weighted by molar-refractivity contribution is -0.137. The average molecular weight is 290 g/mol. The Kier molecular flexibility index (Phi) is 2.82. The number of aromatic nitrogens is 2. The first-order chi connectivity index (χ1) is 10.7. The number of nitrogens with zero attached hydrogens (tertiary/aromatic N) is 2. The first-order valence-corrected chi connectivity index (χ1v) is 7.23. The second-order valence-electron chi connectivity index (χ2n) is 5.36. The average Bonchev–Trinajstić information content (AvgIpc) is 2.92. The number of hydrogen-bond acceptors (Lipinski definition) is 2. The zero-order valence-electron chi connectivity index (χ0n) is 11.9. The number of fused-ring (bicyclic) bond motifs is 5. The van der Waals surface area contributed by atoms with Crippen LogP contribution in [0.3, 0.4) is 0 Å². The van der Waals surface area contributed by atoms with Crippen molar-refractivity contribution in [1.82, 2.24) is 9.38 Å². The summed E-state index contributed by atoms with van der Waals surface area (Å²) in [4.78, 5) is 15.6. The first kappa shape index (κ1) is 12.8. The lowest BCUT2D eigenvalue weighted by Crippen LogP contribution is -2.05. The lowest BCUT2D eigenvalue weighted by Gasteiger charge is -2.09.